The lowest BCUT2D eigenvalue weighted by molar-refractivity contribution is 0.112. The SMILES string of the molecule is CCn1nc(-c2ccc(OC)cc2OC)cc(C=O)c1=O. The molecule has 6 nitrogen and oxygen atoms in total. The van der Waals surface area contributed by atoms with Crippen molar-refractivity contribution < 1.29 is 14.3 Å². The maximum absolute atomic E-state index is 11.9. The van der Waals surface area contributed by atoms with Gasteiger partial charge in [-0.25, -0.2) is 4.68 Å². The number of ether oxygens (including phenoxy) is 2. The van der Waals surface area contributed by atoms with Crippen molar-refractivity contribution in [3.63, 3.8) is 0 Å². The van der Waals surface area contributed by atoms with E-state index in [1.54, 1.807) is 32.2 Å². The van der Waals surface area contributed by atoms with Crippen LogP contribution in [0.4, 0.5) is 0 Å². The van der Waals surface area contributed by atoms with Gasteiger partial charge in [-0.05, 0) is 25.1 Å². The van der Waals surface area contributed by atoms with Crippen LogP contribution in [-0.4, -0.2) is 30.3 Å². The second kappa shape index (κ2) is 6.21. The molecule has 1 aromatic carbocycles. The van der Waals surface area contributed by atoms with E-state index < -0.39 is 5.56 Å². The Labute approximate surface area is 121 Å². The molecule has 0 atom stereocenters. The first-order valence-electron chi connectivity index (χ1n) is 6.44. The topological polar surface area (TPSA) is 70.4 Å². The normalized spacial score (nSPS) is 10.2. The fraction of sp³-hybridized carbons (Fsp3) is 0.267. The summed E-state index contributed by atoms with van der Waals surface area (Å²) in [5, 5.41) is 4.26. The van der Waals surface area contributed by atoms with Gasteiger partial charge in [-0.15, -0.1) is 0 Å². The molecule has 0 saturated heterocycles. The van der Waals surface area contributed by atoms with Crippen LogP contribution in [0, 0.1) is 0 Å². The number of aromatic nitrogens is 2. The van der Waals surface area contributed by atoms with Gasteiger partial charge in [0.05, 0.1) is 25.5 Å². The average molecular weight is 288 g/mol. The van der Waals surface area contributed by atoms with E-state index >= 15 is 0 Å². The molecule has 0 radical (unpaired) electrons. The minimum Gasteiger partial charge on any atom is -0.497 e. The molecular weight excluding hydrogens is 272 g/mol. The van der Waals surface area contributed by atoms with Gasteiger partial charge in [0.15, 0.2) is 6.29 Å². The third kappa shape index (κ3) is 2.79. The summed E-state index contributed by atoms with van der Waals surface area (Å²) in [6.45, 7) is 2.17. The Morgan fingerprint density at radius 2 is 2.00 bits per heavy atom. The maximum atomic E-state index is 11.9. The van der Waals surface area contributed by atoms with Crippen molar-refractivity contribution in [3.05, 3.63) is 40.2 Å². The molecule has 110 valence electrons. The number of nitrogens with zero attached hydrogens (tertiary/aromatic N) is 2. The number of hydrogen-bond acceptors (Lipinski definition) is 5. The van der Waals surface area contributed by atoms with Gasteiger partial charge in [0.25, 0.3) is 5.56 Å². The van der Waals surface area contributed by atoms with Gasteiger partial charge < -0.3 is 9.47 Å². The van der Waals surface area contributed by atoms with Crippen molar-refractivity contribution in [3.8, 4) is 22.8 Å². The second-order valence-corrected chi connectivity index (χ2v) is 4.29. The molecule has 0 aliphatic rings. The van der Waals surface area contributed by atoms with Gasteiger partial charge in [0, 0.05) is 18.2 Å². The highest BCUT2D eigenvalue weighted by Crippen LogP contribution is 2.31. The monoisotopic (exact) mass is 288 g/mol. The van der Waals surface area contributed by atoms with Gasteiger partial charge in [0.2, 0.25) is 0 Å². The number of rotatable bonds is 5. The van der Waals surface area contributed by atoms with Crippen LogP contribution in [-0.2, 0) is 6.54 Å². The third-order valence-electron chi connectivity index (χ3n) is 3.11. The molecule has 1 aromatic heterocycles. The lowest BCUT2D eigenvalue weighted by Gasteiger charge is -2.11. The third-order valence-corrected chi connectivity index (χ3v) is 3.11. The minimum absolute atomic E-state index is 0.0692. The van der Waals surface area contributed by atoms with Gasteiger partial charge in [0.1, 0.15) is 11.5 Å². The number of methoxy groups -OCH3 is 2. The maximum Gasteiger partial charge on any atom is 0.277 e. The molecule has 2 rings (SSSR count). The first kappa shape index (κ1) is 14.8. The lowest BCUT2D eigenvalue weighted by Crippen LogP contribution is -2.25. The summed E-state index contributed by atoms with van der Waals surface area (Å²) in [5.41, 5.74) is 0.852. The molecule has 0 saturated carbocycles. The van der Waals surface area contributed by atoms with Gasteiger partial charge in [-0.3, -0.25) is 9.59 Å². The van der Waals surface area contributed by atoms with Crippen LogP contribution in [0.2, 0.25) is 0 Å². The largest absolute Gasteiger partial charge is 0.497 e. The van der Waals surface area contributed by atoms with Crippen molar-refractivity contribution in [1.29, 1.82) is 0 Å². The predicted molar refractivity (Wildman–Crippen MR) is 78.1 cm³/mol. The lowest BCUT2D eigenvalue weighted by atomic mass is 10.1. The van der Waals surface area contributed by atoms with Crippen molar-refractivity contribution in [2.45, 2.75) is 13.5 Å². The fourth-order valence-corrected chi connectivity index (χ4v) is 2.00. The highest BCUT2D eigenvalue weighted by Gasteiger charge is 2.13. The number of aryl methyl sites for hydroxylation is 1. The van der Waals surface area contributed by atoms with E-state index in [0.717, 1.165) is 0 Å². The zero-order valence-electron chi connectivity index (χ0n) is 12.1. The molecular formula is C15H16N2O4. The van der Waals surface area contributed by atoms with Crippen molar-refractivity contribution in [2.75, 3.05) is 14.2 Å². The molecule has 0 bridgehead atoms. The summed E-state index contributed by atoms with van der Waals surface area (Å²) < 4.78 is 11.7. The summed E-state index contributed by atoms with van der Waals surface area (Å²) in [6, 6.07) is 6.73. The zero-order chi connectivity index (χ0) is 15.4. The number of benzene rings is 1. The molecule has 0 amide bonds. The summed E-state index contributed by atoms with van der Waals surface area (Å²) in [5.74, 6) is 1.20. The molecule has 6 heteroatoms. The molecule has 0 unspecified atom stereocenters. The van der Waals surface area contributed by atoms with Crippen molar-refractivity contribution in [2.24, 2.45) is 0 Å². The van der Waals surface area contributed by atoms with Crippen LogP contribution in [0.5, 0.6) is 11.5 Å². The molecule has 2 aromatic rings. The van der Waals surface area contributed by atoms with Gasteiger partial charge >= 0.3 is 0 Å². The zero-order valence-corrected chi connectivity index (χ0v) is 12.1. The number of carbonyl (C=O) groups is 1. The average Bonchev–Trinajstić information content (AvgIpc) is 2.54. The second-order valence-electron chi connectivity index (χ2n) is 4.29. The van der Waals surface area contributed by atoms with E-state index in [1.807, 2.05) is 0 Å². The van der Waals surface area contributed by atoms with Crippen molar-refractivity contribution in [1.82, 2.24) is 9.78 Å². The molecule has 0 N–H and O–H groups in total. The predicted octanol–water partition coefficient (Wildman–Crippen LogP) is 1.76. The van der Waals surface area contributed by atoms with E-state index in [2.05, 4.69) is 5.10 Å². The fourth-order valence-electron chi connectivity index (χ4n) is 2.00. The summed E-state index contributed by atoms with van der Waals surface area (Å²) in [7, 11) is 3.10. The Kier molecular flexibility index (Phi) is 4.37. The Hall–Kier alpha value is -2.63. The molecule has 0 aliphatic heterocycles. The summed E-state index contributed by atoms with van der Waals surface area (Å²) in [6.07, 6.45) is 0.537. The first-order chi connectivity index (χ1) is 10.1. The standard InChI is InChI=1S/C15H16N2O4/c1-4-17-15(19)10(9-18)7-13(16-17)12-6-5-11(20-2)8-14(12)21-3/h5-9H,4H2,1-3H3. The summed E-state index contributed by atoms with van der Waals surface area (Å²) in [4.78, 5) is 22.9. The minimum atomic E-state index is -0.399. The van der Waals surface area contributed by atoms with Crippen LogP contribution in [0.25, 0.3) is 11.3 Å². The van der Waals surface area contributed by atoms with E-state index in [0.29, 0.717) is 35.6 Å². The van der Waals surface area contributed by atoms with E-state index in [-0.39, 0.29) is 5.56 Å². The molecule has 1 heterocycles. The Morgan fingerprint density at radius 1 is 1.24 bits per heavy atom. The number of aldehydes is 1. The van der Waals surface area contributed by atoms with Gasteiger partial charge in [-0.1, -0.05) is 0 Å². The first-order valence-corrected chi connectivity index (χ1v) is 6.44. The molecule has 0 aliphatic carbocycles. The van der Waals surface area contributed by atoms with Gasteiger partial charge in [-0.2, -0.15) is 5.10 Å². The Bertz CT molecular complexity index is 722. The van der Waals surface area contributed by atoms with Crippen LogP contribution >= 0.6 is 0 Å². The van der Waals surface area contributed by atoms with E-state index in [4.69, 9.17) is 9.47 Å². The van der Waals surface area contributed by atoms with E-state index in [9.17, 15) is 9.59 Å². The molecule has 0 fully saturated rings. The smallest absolute Gasteiger partial charge is 0.277 e. The number of hydrogen-bond donors (Lipinski definition) is 0. The quantitative estimate of drug-likeness (QED) is 0.784. The highest BCUT2D eigenvalue weighted by atomic mass is 16.5. The van der Waals surface area contributed by atoms with Crippen LogP contribution in [0.15, 0.2) is 29.1 Å². The molecule has 21 heavy (non-hydrogen) atoms. The van der Waals surface area contributed by atoms with Crippen LogP contribution in [0.1, 0.15) is 17.3 Å². The Morgan fingerprint density at radius 3 is 2.57 bits per heavy atom. The van der Waals surface area contributed by atoms with Crippen LogP contribution < -0.4 is 15.0 Å². The number of carbonyl (C=O) groups excluding carboxylic acids is 1. The van der Waals surface area contributed by atoms with E-state index in [1.165, 1.54) is 17.9 Å². The van der Waals surface area contributed by atoms with Crippen molar-refractivity contribution >= 4 is 6.29 Å². The van der Waals surface area contributed by atoms with Crippen LogP contribution in [0.3, 0.4) is 0 Å². The highest BCUT2D eigenvalue weighted by molar-refractivity contribution is 5.78. The summed E-state index contributed by atoms with van der Waals surface area (Å²) >= 11 is 0. The Balaban J connectivity index is 2.66. The molecule has 0 spiro atoms.